The molecule has 0 aromatic heterocycles. The molecule has 1 fully saturated rings. The molecule has 174 valence electrons. The Bertz CT molecular complexity index is 1030. The van der Waals surface area contributed by atoms with Crippen LogP contribution in [0.15, 0.2) is 54.2 Å². The first-order valence-corrected chi connectivity index (χ1v) is 11.5. The summed E-state index contributed by atoms with van der Waals surface area (Å²) in [4.78, 5) is 30.4. The number of aryl methyl sites for hydroxylation is 1. The zero-order valence-electron chi connectivity index (χ0n) is 19.3. The maximum absolute atomic E-state index is 13.4. The molecule has 0 atom stereocenters. The lowest BCUT2D eigenvalue weighted by Crippen LogP contribution is -2.43. The lowest BCUT2D eigenvalue weighted by atomic mass is 10.0. The molecule has 2 heterocycles. The predicted octanol–water partition coefficient (Wildman–Crippen LogP) is 3.31. The Morgan fingerprint density at radius 2 is 1.76 bits per heavy atom. The van der Waals surface area contributed by atoms with Gasteiger partial charge in [-0.05, 0) is 31.0 Å². The molecule has 7 heteroatoms. The van der Waals surface area contributed by atoms with Gasteiger partial charge in [-0.1, -0.05) is 42.8 Å². The second-order valence-corrected chi connectivity index (χ2v) is 8.33. The van der Waals surface area contributed by atoms with Gasteiger partial charge in [0.15, 0.2) is 0 Å². The maximum atomic E-state index is 13.4. The number of nitrogens with zero attached hydrogens (tertiary/aromatic N) is 2. The van der Waals surface area contributed by atoms with Crippen LogP contribution in [0.4, 0.5) is 5.69 Å². The van der Waals surface area contributed by atoms with E-state index in [1.54, 1.807) is 0 Å². The highest BCUT2D eigenvalue weighted by Crippen LogP contribution is 2.31. The minimum atomic E-state index is -0.302. The Kier molecular flexibility index (Phi) is 7.42. The number of imide groups is 1. The molecule has 0 unspecified atom stereocenters. The Balaban J connectivity index is 1.60. The smallest absolute Gasteiger partial charge is 0.278 e. The Morgan fingerprint density at radius 3 is 2.48 bits per heavy atom. The number of anilines is 1. The molecule has 2 aliphatic rings. The van der Waals surface area contributed by atoms with Gasteiger partial charge in [0.1, 0.15) is 11.4 Å². The summed E-state index contributed by atoms with van der Waals surface area (Å²) in [6, 6.07) is 15.2. The Hall–Kier alpha value is -3.16. The Labute approximate surface area is 195 Å². The summed E-state index contributed by atoms with van der Waals surface area (Å²) in [5.41, 5.74) is 3.24. The molecule has 33 heavy (non-hydrogen) atoms. The normalized spacial score (nSPS) is 17.1. The van der Waals surface area contributed by atoms with Gasteiger partial charge in [-0.3, -0.25) is 19.4 Å². The number of amides is 2. The van der Waals surface area contributed by atoms with E-state index in [1.165, 1.54) is 4.90 Å². The highest BCUT2D eigenvalue weighted by atomic mass is 16.5. The molecule has 2 aromatic carbocycles. The second kappa shape index (κ2) is 10.6. The van der Waals surface area contributed by atoms with Crippen molar-refractivity contribution in [3.8, 4) is 5.75 Å². The number of hydrogen-bond donors (Lipinski definition) is 1. The molecule has 0 bridgehead atoms. The van der Waals surface area contributed by atoms with Gasteiger partial charge in [-0.25, -0.2) is 0 Å². The van der Waals surface area contributed by atoms with Crippen LogP contribution >= 0.6 is 0 Å². The largest absolute Gasteiger partial charge is 0.494 e. The first-order valence-electron chi connectivity index (χ1n) is 11.5. The first-order chi connectivity index (χ1) is 16.1. The summed E-state index contributed by atoms with van der Waals surface area (Å²) in [7, 11) is 0. The number of hydrogen-bond acceptors (Lipinski definition) is 6. The number of nitrogens with one attached hydrogen (secondary N) is 1. The topological polar surface area (TPSA) is 71.1 Å². The van der Waals surface area contributed by atoms with Gasteiger partial charge < -0.3 is 14.8 Å². The third-order valence-corrected chi connectivity index (χ3v) is 5.83. The lowest BCUT2D eigenvalue weighted by molar-refractivity contribution is -0.137. The molecule has 0 radical (unpaired) electrons. The standard InChI is InChI=1S/C26H31N3O4/c1-3-15-33-22-6-4-5-21(18-22)27-24-23(20-9-7-19(2)8-10-20)25(30)29(26(24)31)12-11-28-13-16-32-17-14-28/h4-10,18,27H,3,11-17H2,1-2H3. The van der Waals surface area contributed by atoms with Crippen LogP contribution in [0, 0.1) is 6.92 Å². The van der Waals surface area contributed by atoms with E-state index in [0.29, 0.717) is 49.9 Å². The molecule has 0 spiro atoms. The molecule has 0 saturated carbocycles. The van der Waals surface area contributed by atoms with Crippen molar-refractivity contribution in [3.05, 3.63) is 65.4 Å². The van der Waals surface area contributed by atoms with Gasteiger partial charge >= 0.3 is 0 Å². The molecule has 0 aliphatic carbocycles. The van der Waals surface area contributed by atoms with Gasteiger partial charge in [0.2, 0.25) is 0 Å². The minimum absolute atomic E-state index is 0.266. The van der Waals surface area contributed by atoms with Crippen molar-refractivity contribution in [1.29, 1.82) is 0 Å². The van der Waals surface area contributed by atoms with Crippen LogP contribution in [0.1, 0.15) is 24.5 Å². The summed E-state index contributed by atoms with van der Waals surface area (Å²) in [6.07, 6.45) is 0.908. The maximum Gasteiger partial charge on any atom is 0.278 e. The molecule has 7 nitrogen and oxygen atoms in total. The van der Waals surface area contributed by atoms with Gasteiger partial charge in [0, 0.05) is 37.9 Å². The van der Waals surface area contributed by atoms with E-state index in [1.807, 2.05) is 55.5 Å². The molecule has 2 aromatic rings. The summed E-state index contributed by atoms with van der Waals surface area (Å²) in [5, 5.41) is 3.22. The average molecular weight is 450 g/mol. The number of rotatable bonds is 9. The minimum Gasteiger partial charge on any atom is -0.494 e. The fraction of sp³-hybridized carbons (Fsp3) is 0.385. The van der Waals surface area contributed by atoms with Crippen molar-refractivity contribution >= 4 is 23.1 Å². The molecular weight excluding hydrogens is 418 g/mol. The number of carbonyl (C=O) groups excluding carboxylic acids is 2. The number of ether oxygens (including phenoxy) is 2. The summed E-state index contributed by atoms with van der Waals surface area (Å²) >= 11 is 0. The summed E-state index contributed by atoms with van der Waals surface area (Å²) in [5.74, 6) is 0.155. The highest BCUT2D eigenvalue weighted by molar-refractivity contribution is 6.36. The van der Waals surface area contributed by atoms with Crippen LogP contribution in [0.3, 0.4) is 0 Å². The van der Waals surface area contributed by atoms with E-state index in [2.05, 4.69) is 17.1 Å². The zero-order valence-corrected chi connectivity index (χ0v) is 19.3. The molecule has 1 N–H and O–H groups in total. The van der Waals surface area contributed by atoms with Gasteiger partial charge in [0.25, 0.3) is 11.8 Å². The van der Waals surface area contributed by atoms with E-state index < -0.39 is 0 Å². The van der Waals surface area contributed by atoms with Crippen LogP contribution in [0.5, 0.6) is 5.75 Å². The SMILES string of the molecule is CCCOc1cccc(NC2=C(c3ccc(C)cc3)C(=O)N(CCN3CCOCC3)C2=O)c1. The fourth-order valence-electron chi connectivity index (χ4n) is 3.98. The fourth-order valence-corrected chi connectivity index (χ4v) is 3.98. The summed E-state index contributed by atoms with van der Waals surface area (Å²) < 4.78 is 11.1. The van der Waals surface area contributed by atoms with Crippen LogP contribution < -0.4 is 10.1 Å². The van der Waals surface area contributed by atoms with Crippen molar-refractivity contribution in [2.45, 2.75) is 20.3 Å². The van der Waals surface area contributed by atoms with E-state index in [9.17, 15) is 9.59 Å². The van der Waals surface area contributed by atoms with Gasteiger partial charge in [-0.2, -0.15) is 0 Å². The average Bonchev–Trinajstić information content (AvgIpc) is 3.06. The predicted molar refractivity (Wildman–Crippen MR) is 128 cm³/mol. The highest BCUT2D eigenvalue weighted by Gasteiger charge is 2.39. The van der Waals surface area contributed by atoms with Crippen LogP contribution in [-0.4, -0.2) is 67.6 Å². The van der Waals surface area contributed by atoms with Crippen molar-refractivity contribution in [2.24, 2.45) is 0 Å². The van der Waals surface area contributed by atoms with Gasteiger partial charge in [-0.15, -0.1) is 0 Å². The van der Waals surface area contributed by atoms with E-state index >= 15 is 0 Å². The number of carbonyl (C=O) groups is 2. The van der Waals surface area contributed by atoms with E-state index in [-0.39, 0.29) is 11.8 Å². The summed E-state index contributed by atoms with van der Waals surface area (Å²) in [6.45, 7) is 8.62. The lowest BCUT2D eigenvalue weighted by Gasteiger charge is -2.28. The zero-order chi connectivity index (χ0) is 23.2. The monoisotopic (exact) mass is 449 g/mol. The molecule has 2 aliphatic heterocycles. The van der Waals surface area contributed by atoms with E-state index in [0.717, 1.165) is 36.4 Å². The Morgan fingerprint density at radius 1 is 1.00 bits per heavy atom. The number of morpholine rings is 1. The molecule has 4 rings (SSSR count). The van der Waals surface area contributed by atoms with Crippen molar-refractivity contribution < 1.29 is 19.1 Å². The first kappa shape index (κ1) is 23.0. The quantitative estimate of drug-likeness (QED) is 0.593. The second-order valence-electron chi connectivity index (χ2n) is 8.33. The van der Waals surface area contributed by atoms with E-state index in [4.69, 9.17) is 9.47 Å². The molecule has 1 saturated heterocycles. The number of benzene rings is 2. The van der Waals surface area contributed by atoms with Crippen LogP contribution in [-0.2, 0) is 14.3 Å². The van der Waals surface area contributed by atoms with Crippen molar-refractivity contribution in [1.82, 2.24) is 9.80 Å². The third-order valence-electron chi connectivity index (χ3n) is 5.83. The van der Waals surface area contributed by atoms with Crippen LogP contribution in [0.2, 0.25) is 0 Å². The van der Waals surface area contributed by atoms with Crippen molar-refractivity contribution in [3.63, 3.8) is 0 Å². The third kappa shape index (κ3) is 5.43. The molecule has 2 amide bonds. The van der Waals surface area contributed by atoms with Crippen LogP contribution in [0.25, 0.3) is 5.57 Å². The van der Waals surface area contributed by atoms with Crippen molar-refractivity contribution in [2.75, 3.05) is 51.3 Å². The van der Waals surface area contributed by atoms with Gasteiger partial charge in [0.05, 0.1) is 25.4 Å². The molecular formula is C26H31N3O4.